The number of carbonyl (C=O) groups is 2. The van der Waals surface area contributed by atoms with Crippen LogP contribution in [0, 0.1) is 5.82 Å². The minimum atomic E-state index is -0.727. The fourth-order valence-corrected chi connectivity index (χ4v) is 4.19. The molecule has 0 radical (unpaired) electrons. The van der Waals surface area contributed by atoms with Crippen LogP contribution in [0.5, 0.6) is 0 Å². The van der Waals surface area contributed by atoms with Crippen LogP contribution in [-0.2, 0) is 4.79 Å². The fraction of sp³-hybridized carbons (Fsp3) is 0.167. The number of allylic oxidation sites excluding steroid dienone is 1. The number of urea groups is 1. The molecule has 0 bridgehead atoms. The van der Waals surface area contributed by atoms with E-state index in [2.05, 4.69) is 10.6 Å². The lowest BCUT2D eigenvalue weighted by molar-refractivity contribution is -0.116. The van der Waals surface area contributed by atoms with Gasteiger partial charge in [-0.05, 0) is 61.4 Å². The van der Waals surface area contributed by atoms with Crippen molar-refractivity contribution in [2.75, 3.05) is 15.5 Å². The Labute approximate surface area is 178 Å². The fourth-order valence-electron chi connectivity index (χ4n) is 4.19. The second-order valence-electron chi connectivity index (χ2n) is 7.54. The van der Waals surface area contributed by atoms with E-state index >= 15 is 0 Å². The first-order valence-electron chi connectivity index (χ1n) is 10.1. The van der Waals surface area contributed by atoms with Crippen LogP contribution in [0.4, 0.5) is 26.2 Å². The Balaban J connectivity index is 1.66. The molecule has 1 aliphatic carbocycles. The molecule has 0 saturated carbocycles. The lowest BCUT2D eigenvalue weighted by Gasteiger charge is -2.32. The summed E-state index contributed by atoms with van der Waals surface area (Å²) in [4.78, 5) is 28.2. The number of benzene rings is 2. The van der Waals surface area contributed by atoms with Crippen molar-refractivity contribution < 1.29 is 18.4 Å². The Bertz CT molecular complexity index is 1170. The Morgan fingerprint density at radius 1 is 1.06 bits per heavy atom. The number of nitrogens with zero attached hydrogens (tertiary/aromatic N) is 1. The molecule has 6 nitrogen and oxygen atoms in total. The summed E-state index contributed by atoms with van der Waals surface area (Å²) >= 11 is 0. The van der Waals surface area contributed by atoms with Crippen LogP contribution in [0.3, 0.4) is 0 Å². The number of furan rings is 1. The Morgan fingerprint density at radius 3 is 2.65 bits per heavy atom. The van der Waals surface area contributed by atoms with Gasteiger partial charge in [-0.3, -0.25) is 9.69 Å². The second kappa shape index (κ2) is 7.75. The highest BCUT2D eigenvalue weighted by atomic mass is 19.1. The number of rotatable bonds is 2. The zero-order chi connectivity index (χ0) is 21.4. The van der Waals surface area contributed by atoms with E-state index in [-0.39, 0.29) is 5.78 Å². The van der Waals surface area contributed by atoms with Gasteiger partial charge in [-0.15, -0.1) is 0 Å². The lowest BCUT2D eigenvalue weighted by atomic mass is 9.88. The molecule has 3 aromatic rings. The first kappa shape index (κ1) is 19.1. The number of hydrogen-bond acceptors (Lipinski definition) is 4. The molecular formula is C24H20FN3O3. The molecule has 1 aliphatic heterocycles. The number of hydrogen-bond donors (Lipinski definition) is 2. The second-order valence-corrected chi connectivity index (χ2v) is 7.54. The zero-order valence-electron chi connectivity index (χ0n) is 16.6. The summed E-state index contributed by atoms with van der Waals surface area (Å²) in [6.45, 7) is 0. The highest BCUT2D eigenvalue weighted by Crippen LogP contribution is 2.45. The molecule has 2 N–H and O–H groups in total. The Hall–Kier alpha value is -3.87. The zero-order valence-corrected chi connectivity index (χ0v) is 16.6. The summed E-state index contributed by atoms with van der Waals surface area (Å²) in [6.07, 6.45) is 3.41. The molecule has 2 aromatic carbocycles. The van der Waals surface area contributed by atoms with Gasteiger partial charge in [0.1, 0.15) is 17.6 Å². The van der Waals surface area contributed by atoms with Crippen LogP contribution in [0.2, 0.25) is 0 Å². The largest absolute Gasteiger partial charge is 0.467 e. The average molecular weight is 417 g/mol. The maximum absolute atomic E-state index is 13.6. The molecule has 156 valence electrons. The molecule has 7 heteroatoms. The van der Waals surface area contributed by atoms with Gasteiger partial charge in [-0.2, -0.15) is 0 Å². The molecule has 2 amide bonds. The highest BCUT2D eigenvalue weighted by Gasteiger charge is 2.41. The quantitative estimate of drug-likeness (QED) is 0.567. The lowest BCUT2D eigenvalue weighted by Crippen LogP contribution is -2.40. The van der Waals surface area contributed by atoms with Gasteiger partial charge in [-0.1, -0.05) is 12.1 Å². The van der Waals surface area contributed by atoms with Crippen LogP contribution in [0.1, 0.15) is 31.1 Å². The summed E-state index contributed by atoms with van der Waals surface area (Å²) in [5.74, 6) is 0.0939. The van der Waals surface area contributed by atoms with Crippen molar-refractivity contribution in [3.05, 3.63) is 89.8 Å². The van der Waals surface area contributed by atoms with Gasteiger partial charge in [-0.25, -0.2) is 9.18 Å². The normalized spacial score (nSPS) is 18.0. The first-order chi connectivity index (χ1) is 15.1. The molecular weight excluding hydrogens is 397 g/mol. The van der Waals surface area contributed by atoms with Gasteiger partial charge < -0.3 is 15.1 Å². The minimum absolute atomic E-state index is 0.0115. The van der Waals surface area contributed by atoms with E-state index in [0.717, 1.165) is 17.8 Å². The number of amides is 2. The monoisotopic (exact) mass is 417 g/mol. The van der Waals surface area contributed by atoms with E-state index in [1.807, 2.05) is 24.3 Å². The molecule has 31 heavy (non-hydrogen) atoms. The Kier molecular flexibility index (Phi) is 4.78. The number of Topliss-reactive ketones (excluding diaryl/α,β-unsaturated/α-hetero) is 1. The van der Waals surface area contributed by atoms with E-state index in [4.69, 9.17) is 4.42 Å². The number of nitrogens with one attached hydrogen (secondary N) is 2. The van der Waals surface area contributed by atoms with Crippen molar-refractivity contribution in [3.8, 4) is 0 Å². The van der Waals surface area contributed by atoms with Crippen LogP contribution in [0.25, 0.3) is 0 Å². The number of carbonyl (C=O) groups excluding carboxylic acids is 2. The smallest absolute Gasteiger partial charge is 0.327 e. The van der Waals surface area contributed by atoms with Crippen molar-refractivity contribution in [1.29, 1.82) is 0 Å². The first-order valence-corrected chi connectivity index (χ1v) is 10.1. The maximum atomic E-state index is 13.6. The van der Waals surface area contributed by atoms with E-state index in [9.17, 15) is 14.0 Å². The van der Waals surface area contributed by atoms with Crippen molar-refractivity contribution in [2.24, 2.45) is 0 Å². The van der Waals surface area contributed by atoms with E-state index in [0.29, 0.717) is 35.5 Å². The van der Waals surface area contributed by atoms with Crippen molar-refractivity contribution in [1.82, 2.24) is 0 Å². The van der Waals surface area contributed by atoms with Crippen LogP contribution in [-0.4, -0.2) is 11.8 Å². The van der Waals surface area contributed by atoms with Gasteiger partial charge in [0.05, 0.1) is 17.6 Å². The van der Waals surface area contributed by atoms with Gasteiger partial charge in [0.15, 0.2) is 5.78 Å². The molecule has 5 rings (SSSR count). The average Bonchev–Trinajstić information content (AvgIpc) is 3.25. The third kappa shape index (κ3) is 3.48. The molecule has 0 spiro atoms. The highest BCUT2D eigenvalue weighted by molar-refractivity contribution is 6.09. The summed E-state index contributed by atoms with van der Waals surface area (Å²) in [7, 11) is 0. The Morgan fingerprint density at radius 2 is 1.87 bits per heavy atom. The summed E-state index contributed by atoms with van der Waals surface area (Å²) in [6, 6.07) is 15.3. The van der Waals surface area contributed by atoms with Crippen LogP contribution >= 0.6 is 0 Å². The van der Waals surface area contributed by atoms with E-state index in [1.165, 1.54) is 35.4 Å². The maximum Gasteiger partial charge on any atom is 0.327 e. The molecule has 2 heterocycles. The van der Waals surface area contributed by atoms with Gasteiger partial charge >= 0.3 is 6.03 Å². The number of anilines is 3. The number of para-hydroxylation sites is 2. The SMILES string of the molecule is O=C1CCCC2=C1[C@H](c1ccco1)N(C(=O)Nc1ccc(F)cc1)c1ccccc1N2. The van der Waals surface area contributed by atoms with E-state index < -0.39 is 17.9 Å². The molecule has 1 atom stereocenters. The van der Waals surface area contributed by atoms with Crippen LogP contribution < -0.4 is 15.5 Å². The molecule has 0 unspecified atom stereocenters. The predicted molar refractivity (Wildman–Crippen MR) is 115 cm³/mol. The third-order valence-corrected chi connectivity index (χ3v) is 5.56. The summed E-state index contributed by atoms with van der Waals surface area (Å²) in [5, 5.41) is 6.21. The third-order valence-electron chi connectivity index (χ3n) is 5.56. The predicted octanol–water partition coefficient (Wildman–Crippen LogP) is 5.63. The minimum Gasteiger partial charge on any atom is -0.467 e. The van der Waals surface area contributed by atoms with Crippen molar-refractivity contribution in [2.45, 2.75) is 25.3 Å². The van der Waals surface area contributed by atoms with Crippen LogP contribution in [0.15, 0.2) is 82.6 Å². The molecule has 1 aromatic heterocycles. The number of halogens is 1. The standard InChI is InChI=1S/C24H20FN3O3/c25-15-10-12-16(13-11-15)26-24(30)28-19-7-2-1-5-17(19)27-18-6-3-8-20(29)22(18)23(28)21-9-4-14-31-21/h1-2,4-5,7,9-14,23,27H,3,6,8H2,(H,26,30)/t23-/m0/s1. The van der Waals surface area contributed by atoms with Gasteiger partial charge in [0, 0.05) is 23.4 Å². The van der Waals surface area contributed by atoms with Gasteiger partial charge in [0.25, 0.3) is 0 Å². The topological polar surface area (TPSA) is 74.6 Å². The van der Waals surface area contributed by atoms with E-state index in [1.54, 1.807) is 12.1 Å². The number of ketones is 1. The van der Waals surface area contributed by atoms with Crippen molar-refractivity contribution >= 4 is 28.9 Å². The summed E-state index contributed by atoms with van der Waals surface area (Å²) < 4.78 is 19.0. The summed E-state index contributed by atoms with van der Waals surface area (Å²) in [5.41, 5.74) is 3.14. The molecule has 2 aliphatic rings. The van der Waals surface area contributed by atoms with Crippen molar-refractivity contribution in [3.63, 3.8) is 0 Å². The van der Waals surface area contributed by atoms with Gasteiger partial charge in [0.2, 0.25) is 0 Å². The number of fused-ring (bicyclic) bond motifs is 1. The molecule has 0 fully saturated rings. The molecule has 0 saturated heterocycles.